The number of anilines is 1. The Labute approximate surface area is 180 Å². The Morgan fingerprint density at radius 2 is 1.97 bits per heavy atom. The van der Waals surface area contributed by atoms with E-state index in [0.29, 0.717) is 11.5 Å². The van der Waals surface area contributed by atoms with Gasteiger partial charge in [0.15, 0.2) is 17.5 Å². The molecule has 0 atom stereocenters. The third-order valence-electron chi connectivity index (χ3n) is 5.48. The van der Waals surface area contributed by atoms with E-state index in [-0.39, 0.29) is 17.3 Å². The number of pyridine rings is 1. The van der Waals surface area contributed by atoms with Crippen molar-refractivity contribution in [2.45, 2.75) is 18.8 Å². The highest BCUT2D eigenvalue weighted by Crippen LogP contribution is 2.36. The summed E-state index contributed by atoms with van der Waals surface area (Å²) in [5.74, 6) is -1.08. The number of tetrazole rings is 1. The molecule has 5 rings (SSSR count). The molecule has 10 heteroatoms. The summed E-state index contributed by atoms with van der Waals surface area (Å²) in [6.07, 6.45) is 3.95. The molecular formula is C21H19F2N7S. The normalized spacial score (nSPS) is 14.8. The summed E-state index contributed by atoms with van der Waals surface area (Å²) in [6, 6.07) is 7.85. The van der Waals surface area contributed by atoms with Gasteiger partial charge in [0.2, 0.25) is 0 Å². The fourth-order valence-corrected chi connectivity index (χ4v) is 4.90. The van der Waals surface area contributed by atoms with Gasteiger partial charge in [-0.3, -0.25) is 0 Å². The van der Waals surface area contributed by atoms with Crippen LogP contribution in [0.3, 0.4) is 0 Å². The number of aromatic nitrogens is 5. The van der Waals surface area contributed by atoms with Crippen molar-refractivity contribution in [3.8, 4) is 28.2 Å². The van der Waals surface area contributed by atoms with Gasteiger partial charge in [0.25, 0.3) is 0 Å². The molecule has 1 fully saturated rings. The first-order valence-corrected chi connectivity index (χ1v) is 10.8. The Morgan fingerprint density at radius 1 is 1.13 bits per heavy atom. The number of hydrogen-bond acceptors (Lipinski definition) is 7. The molecule has 0 spiro atoms. The van der Waals surface area contributed by atoms with Gasteiger partial charge in [-0.25, -0.2) is 13.8 Å². The molecule has 1 aliphatic rings. The second-order valence-corrected chi connectivity index (χ2v) is 8.35. The minimum atomic E-state index is -1.04. The molecule has 0 aliphatic carbocycles. The third kappa shape index (κ3) is 3.68. The first-order valence-electron chi connectivity index (χ1n) is 9.90. The third-order valence-corrected chi connectivity index (χ3v) is 6.58. The Balaban J connectivity index is 1.53. The lowest BCUT2D eigenvalue weighted by atomic mass is 9.95. The van der Waals surface area contributed by atoms with E-state index in [1.54, 1.807) is 17.5 Å². The summed E-state index contributed by atoms with van der Waals surface area (Å²) in [7, 11) is 0. The number of benzene rings is 1. The molecule has 1 aliphatic heterocycles. The average molecular weight is 439 g/mol. The molecule has 1 aromatic carbocycles. The molecule has 0 unspecified atom stereocenters. The summed E-state index contributed by atoms with van der Waals surface area (Å²) in [5, 5.41) is 17.0. The van der Waals surface area contributed by atoms with Crippen molar-refractivity contribution in [2.24, 2.45) is 0 Å². The van der Waals surface area contributed by atoms with Gasteiger partial charge in [0.1, 0.15) is 11.5 Å². The molecule has 4 heterocycles. The first-order chi connectivity index (χ1) is 15.1. The van der Waals surface area contributed by atoms with Crippen molar-refractivity contribution in [3.63, 3.8) is 0 Å². The second kappa shape index (κ2) is 8.12. The lowest BCUT2D eigenvalue weighted by molar-refractivity contribution is 0.465. The number of nitrogen functional groups attached to an aromatic ring is 1. The van der Waals surface area contributed by atoms with Gasteiger partial charge in [0, 0.05) is 16.6 Å². The number of nitrogens with two attached hydrogens (primary N) is 1. The van der Waals surface area contributed by atoms with E-state index in [9.17, 15) is 8.78 Å². The van der Waals surface area contributed by atoms with Crippen molar-refractivity contribution < 1.29 is 8.78 Å². The van der Waals surface area contributed by atoms with Crippen molar-refractivity contribution in [1.82, 2.24) is 30.5 Å². The molecule has 3 aromatic heterocycles. The Morgan fingerprint density at radius 3 is 2.81 bits per heavy atom. The van der Waals surface area contributed by atoms with E-state index < -0.39 is 11.6 Å². The van der Waals surface area contributed by atoms with E-state index in [2.05, 4.69) is 37.3 Å². The molecule has 1 saturated heterocycles. The molecule has 0 saturated carbocycles. The summed E-state index contributed by atoms with van der Waals surface area (Å²) in [5.41, 5.74) is 8.33. The van der Waals surface area contributed by atoms with Gasteiger partial charge in [-0.2, -0.15) is 4.68 Å². The number of nitrogens with zero attached hydrogens (tertiary/aromatic N) is 5. The van der Waals surface area contributed by atoms with Gasteiger partial charge in [0.05, 0.1) is 5.56 Å². The zero-order valence-corrected chi connectivity index (χ0v) is 17.2. The molecule has 158 valence electrons. The maximum absolute atomic E-state index is 14.3. The van der Waals surface area contributed by atoms with Crippen LogP contribution >= 0.6 is 11.3 Å². The lowest BCUT2D eigenvalue weighted by Crippen LogP contribution is -2.26. The largest absolute Gasteiger partial charge is 0.383 e. The van der Waals surface area contributed by atoms with E-state index in [0.717, 1.165) is 47.8 Å². The van der Waals surface area contributed by atoms with Crippen molar-refractivity contribution in [2.75, 3.05) is 18.8 Å². The Kier molecular flexibility index (Phi) is 5.16. The van der Waals surface area contributed by atoms with Crippen LogP contribution in [-0.2, 0) is 0 Å². The molecule has 0 amide bonds. The van der Waals surface area contributed by atoms with E-state index >= 15 is 0 Å². The quantitative estimate of drug-likeness (QED) is 0.503. The van der Waals surface area contributed by atoms with Gasteiger partial charge >= 0.3 is 0 Å². The molecule has 0 bridgehead atoms. The highest BCUT2D eigenvalue weighted by Gasteiger charge is 2.21. The van der Waals surface area contributed by atoms with Crippen LogP contribution in [0, 0.1) is 11.6 Å². The van der Waals surface area contributed by atoms with Gasteiger partial charge in [-0.1, -0.05) is 6.07 Å². The van der Waals surface area contributed by atoms with Crippen LogP contribution in [0.15, 0.2) is 41.9 Å². The number of hydrogen-bond donors (Lipinski definition) is 2. The van der Waals surface area contributed by atoms with Crippen LogP contribution in [-0.4, -0.2) is 38.3 Å². The minimum absolute atomic E-state index is 0.103. The SMILES string of the molecule is Nc1ncc(-c2csc(C3CCNCC3)c2)cc1-c1nnnn1-c1cccc(F)c1F. The fourth-order valence-electron chi connectivity index (χ4n) is 3.81. The number of halogens is 2. The molecule has 4 aromatic rings. The number of nitrogens with one attached hydrogen (secondary N) is 1. The van der Waals surface area contributed by atoms with Crippen LogP contribution in [0.25, 0.3) is 28.2 Å². The van der Waals surface area contributed by atoms with Crippen LogP contribution in [0.4, 0.5) is 14.6 Å². The lowest BCUT2D eigenvalue weighted by Gasteiger charge is -2.21. The van der Waals surface area contributed by atoms with E-state index in [1.165, 1.54) is 17.0 Å². The zero-order valence-electron chi connectivity index (χ0n) is 16.4. The highest BCUT2D eigenvalue weighted by atomic mass is 32.1. The second-order valence-electron chi connectivity index (χ2n) is 7.41. The van der Waals surface area contributed by atoms with Crippen molar-refractivity contribution >= 4 is 17.2 Å². The monoisotopic (exact) mass is 439 g/mol. The van der Waals surface area contributed by atoms with E-state index in [4.69, 9.17) is 5.73 Å². The van der Waals surface area contributed by atoms with Crippen molar-refractivity contribution in [1.29, 1.82) is 0 Å². The molecule has 0 radical (unpaired) electrons. The smallest absolute Gasteiger partial charge is 0.190 e. The first kappa shape index (κ1) is 19.7. The summed E-state index contributed by atoms with van der Waals surface area (Å²) >= 11 is 1.74. The fraction of sp³-hybridized carbons (Fsp3) is 0.238. The summed E-state index contributed by atoms with van der Waals surface area (Å²) in [6.45, 7) is 2.07. The van der Waals surface area contributed by atoms with Gasteiger partial charge in [-0.05, 0) is 77.5 Å². The molecule has 7 nitrogen and oxygen atoms in total. The number of rotatable bonds is 4. The molecular weight excluding hydrogens is 420 g/mol. The highest BCUT2D eigenvalue weighted by molar-refractivity contribution is 7.10. The van der Waals surface area contributed by atoms with Gasteiger partial charge in [-0.15, -0.1) is 16.4 Å². The van der Waals surface area contributed by atoms with Crippen LogP contribution < -0.4 is 11.1 Å². The van der Waals surface area contributed by atoms with Crippen LogP contribution in [0.5, 0.6) is 0 Å². The Bertz CT molecular complexity index is 1230. The molecule has 31 heavy (non-hydrogen) atoms. The average Bonchev–Trinajstić information content (AvgIpc) is 3.47. The topological polar surface area (TPSA) is 94.5 Å². The number of piperidine rings is 1. The maximum Gasteiger partial charge on any atom is 0.190 e. The predicted molar refractivity (Wildman–Crippen MR) is 115 cm³/mol. The molecule has 3 N–H and O–H groups in total. The van der Waals surface area contributed by atoms with Crippen LogP contribution in [0.2, 0.25) is 0 Å². The summed E-state index contributed by atoms with van der Waals surface area (Å²) < 4.78 is 29.2. The van der Waals surface area contributed by atoms with Gasteiger partial charge < -0.3 is 11.1 Å². The predicted octanol–water partition coefficient (Wildman–Crippen LogP) is 3.78. The zero-order chi connectivity index (χ0) is 21.4. The minimum Gasteiger partial charge on any atom is -0.383 e. The standard InChI is InChI=1S/C21H19F2N7S/c22-16-2-1-3-17(19(16)23)30-21(27-28-29-30)15-8-13(10-26-20(15)24)14-9-18(31-11-14)12-4-6-25-7-5-12/h1-3,8-12,25H,4-7H2,(H2,24,26). The number of thiophene rings is 1. The van der Waals surface area contributed by atoms with E-state index in [1.807, 2.05) is 6.07 Å². The van der Waals surface area contributed by atoms with Crippen molar-refractivity contribution in [3.05, 3.63) is 58.4 Å². The summed E-state index contributed by atoms with van der Waals surface area (Å²) in [4.78, 5) is 5.65. The Hall–Kier alpha value is -3.24. The maximum atomic E-state index is 14.3. The van der Waals surface area contributed by atoms with Crippen LogP contribution in [0.1, 0.15) is 23.6 Å².